The van der Waals surface area contributed by atoms with Crippen molar-refractivity contribution in [3.05, 3.63) is 39.2 Å². The van der Waals surface area contributed by atoms with Gasteiger partial charge in [-0.3, -0.25) is 10.1 Å². The highest BCUT2D eigenvalue weighted by Crippen LogP contribution is 2.24. The molecule has 0 saturated carbocycles. The topological polar surface area (TPSA) is 69.2 Å². The molecule has 13 heavy (non-hydrogen) atoms. The Kier molecular flexibility index (Phi) is 2.57. The molecule has 0 aliphatic rings. The van der Waals surface area contributed by atoms with Crippen LogP contribution in [0.2, 0.25) is 0 Å². The molecule has 0 spiro atoms. The van der Waals surface area contributed by atoms with Crippen molar-refractivity contribution in [3.8, 4) is 0 Å². The van der Waals surface area contributed by atoms with Gasteiger partial charge in [0.25, 0.3) is 0 Å². The Morgan fingerprint density at radius 2 is 2.23 bits per heavy atom. The van der Waals surface area contributed by atoms with E-state index in [-0.39, 0.29) is 12.1 Å². The summed E-state index contributed by atoms with van der Waals surface area (Å²) in [7, 11) is 0. The van der Waals surface area contributed by atoms with Crippen LogP contribution < -0.4 is 5.73 Å². The third-order valence-corrected chi connectivity index (χ3v) is 1.80. The lowest BCUT2D eigenvalue weighted by Gasteiger charge is -2.02. The van der Waals surface area contributed by atoms with Crippen molar-refractivity contribution in [2.45, 2.75) is 13.5 Å². The highest BCUT2D eigenvalue weighted by atomic mass is 19.1. The molecule has 5 heteroatoms. The van der Waals surface area contributed by atoms with E-state index in [0.29, 0.717) is 5.56 Å². The summed E-state index contributed by atoms with van der Waals surface area (Å²) in [5.41, 5.74) is 5.19. The van der Waals surface area contributed by atoms with Crippen LogP contribution >= 0.6 is 0 Å². The van der Waals surface area contributed by atoms with E-state index in [1.807, 2.05) is 0 Å². The van der Waals surface area contributed by atoms with E-state index in [0.717, 1.165) is 0 Å². The number of nitrogens with zero attached hydrogens (tertiary/aromatic N) is 1. The molecule has 4 nitrogen and oxygen atoms in total. The Bertz CT molecular complexity index is 352. The maximum absolute atomic E-state index is 13.3. The van der Waals surface area contributed by atoms with Crippen molar-refractivity contribution in [1.82, 2.24) is 0 Å². The van der Waals surface area contributed by atoms with Gasteiger partial charge in [-0.15, -0.1) is 0 Å². The molecule has 0 aromatic heterocycles. The Hall–Kier alpha value is -1.49. The predicted octanol–water partition coefficient (Wildman–Crippen LogP) is 1.50. The van der Waals surface area contributed by atoms with Gasteiger partial charge in [0.15, 0.2) is 0 Å². The molecular formula is C8H9FN2O2. The van der Waals surface area contributed by atoms with Gasteiger partial charge in [-0.2, -0.15) is 4.39 Å². The Balaban J connectivity index is 3.38. The van der Waals surface area contributed by atoms with Gasteiger partial charge in [-0.1, -0.05) is 12.1 Å². The molecule has 1 aromatic carbocycles. The highest BCUT2D eigenvalue weighted by Gasteiger charge is 2.19. The lowest BCUT2D eigenvalue weighted by molar-refractivity contribution is -0.388. The zero-order valence-corrected chi connectivity index (χ0v) is 7.08. The van der Waals surface area contributed by atoms with Crippen LogP contribution in [0.1, 0.15) is 11.1 Å². The summed E-state index contributed by atoms with van der Waals surface area (Å²) in [6.07, 6.45) is 0. The molecule has 0 atom stereocenters. The maximum atomic E-state index is 13.3. The first-order valence-corrected chi connectivity index (χ1v) is 3.70. The van der Waals surface area contributed by atoms with Gasteiger partial charge >= 0.3 is 5.69 Å². The number of benzene rings is 1. The first kappa shape index (κ1) is 9.60. The number of aryl methyl sites for hydroxylation is 1. The van der Waals surface area contributed by atoms with E-state index in [9.17, 15) is 14.5 Å². The van der Waals surface area contributed by atoms with Crippen LogP contribution in [0.15, 0.2) is 12.1 Å². The van der Waals surface area contributed by atoms with E-state index in [2.05, 4.69) is 0 Å². The van der Waals surface area contributed by atoms with Gasteiger partial charge in [-0.25, -0.2) is 0 Å². The van der Waals surface area contributed by atoms with Gasteiger partial charge < -0.3 is 5.73 Å². The Morgan fingerprint density at radius 3 is 2.69 bits per heavy atom. The third kappa shape index (κ3) is 1.65. The first-order chi connectivity index (χ1) is 6.07. The van der Waals surface area contributed by atoms with Gasteiger partial charge in [0, 0.05) is 17.7 Å². The molecule has 0 heterocycles. The van der Waals surface area contributed by atoms with Crippen LogP contribution in [0, 0.1) is 22.9 Å². The van der Waals surface area contributed by atoms with E-state index in [1.165, 1.54) is 19.1 Å². The molecule has 2 N–H and O–H groups in total. The van der Waals surface area contributed by atoms with Crippen molar-refractivity contribution in [2.75, 3.05) is 0 Å². The molecular weight excluding hydrogens is 175 g/mol. The van der Waals surface area contributed by atoms with Crippen molar-refractivity contribution < 1.29 is 9.31 Å². The molecule has 0 fully saturated rings. The summed E-state index contributed by atoms with van der Waals surface area (Å²) in [6.45, 7) is 1.45. The average molecular weight is 184 g/mol. The smallest absolute Gasteiger partial charge is 0.307 e. The maximum Gasteiger partial charge on any atom is 0.307 e. The molecule has 1 aromatic rings. The molecule has 0 bridgehead atoms. The van der Waals surface area contributed by atoms with Gasteiger partial charge in [0.05, 0.1) is 4.92 Å². The largest absolute Gasteiger partial charge is 0.326 e. The highest BCUT2D eigenvalue weighted by molar-refractivity contribution is 5.44. The van der Waals surface area contributed by atoms with Gasteiger partial charge in [-0.05, 0) is 6.92 Å². The number of hydrogen-bond donors (Lipinski definition) is 1. The zero-order valence-electron chi connectivity index (χ0n) is 7.08. The predicted molar refractivity (Wildman–Crippen MR) is 45.7 cm³/mol. The Labute approximate surface area is 74.3 Å². The fraction of sp³-hybridized carbons (Fsp3) is 0.250. The average Bonchev–Trinajstić information content (AvgIpc) is 2.04. The second kappa shape index (κ2) is 3.49. The molecule has 0 radical (unpaired) electrons. The zero-order chi connectivity index (χ0) is 10.0. The van der Waals surface area contributed by atoms with Crippen molar-refractivity contribution in [3.63, 3.8) is 0 Å². The normalized spacial score (nSPS) is 10.1. The number of rotatable bonds is 2. The van der Waals surface area contributed by atoms with Crippen LogP contribution in [-0.4, -0.2) is 4.92 Å². The van der Waals surface area contributed by atoms with Crippen LogP contribution in [-0.2, 0) is 6.54 Å². The number of nitro groups is 1. The van der Waals surface area contributed by atoms with Crippen LogP contribution in [0.25, 0.3) is 0 Å². The summed E-state index contributed by atoms with van der Waals surface area (Å²) >= 11 is 0. The van der Waals surface area contributed by atoms with Crippen molar-refractivity contribution in [2.24, 2.45) is 5.73 Å². The first-order valence-electron chi connectivity index (χ1n) is 3.70. The monoisotopic (exact) mass is 184 g/mol. The molecule has 0 aliphatic heterocycles. The lowest BCUT2D eigenvalue weighted by Crippen LogP contribution is -2.04. The molecule has 0 saturated heterocycles. The molecule has 1 rings (SSSR count). The summed E-state index contributed by atoms with van der Waals surface area (Å²) < 4.78 is 13.3. The second-order valence-electron chi connectivity index (χ2n) is 2.67. The number of hydrogen-bond acceptors (Lipinski definition) is 3. The summed E-state index contributed by atoms with van der Waals surface area (Å²) in [5, 5.41) is 10.4. The quantitative estimate of drug-likeness (QED) is 0.559. The van der Waals surface area contributed by atoms with E-state index in [4.69, 9.17) is 5.73 Å². The van der Waals surface area contributed by atoms with E-state index in [1.54, 1.807) is 0 Å². The summed E-state index contributed by atoms with van der Waals surface area (Å²) in [6, 6.07) is 2.95. The number of nitro benzene ring substituents is 1. The molecule has 0 aliphatic carbocycles. The second-order valence-corrected chi connectivity index (χ2v) is 2.67. The Morgan fingerprint density at radius 1 is 1.62 bits per heavy atom. The third-order valence-electron chi connectivity index (χ3n) is 1.80. The molecule has 0 unspecified atom stereocenters. The minimum atomic E-state index is -0.826. The number of halogens is 1. The summed E-state index contributed by atoms with van der Waals surface area (Å²) in [4.78, 5) is 9.70. The summed E-state index contributed by atoms with van der Waals surface area (Å²) in [5.74, 6) is -0.826. The number of nitrogens with two attached hydrogens (primary N) is 1. The SMILES string of the molecule is Cc1ccc(CN)c(F)c1[N+](=O)[O-]. The van der Waals surface area contributed by atoms with Gasteiger partial charge in [0.1, 0.15) is 0 Å². The van der Waals surface area contributed by atoms with Crippen LogP contribution in [0.5, 0.6) is 0 Å². The van der Waals surface area contributed by atoms with Crippen LogP contribution in [0.3, 0.4) is 0 Å². The van der Waals surface area contributed by atoms with Crippen molar-refractivity contribution >= 4 is 5.69 Å². The molecule has 0 amide bonds. The van der Waals surface area contributed by atoms with Gasteiger partial charge in [0.2, 0.25) is 5.82 Å². The fourth-order valence-corrected chi connectivity index (χ4v) is 1.08. The van der Waals surface area contributed by atoms with Crippen molar-refractivity contribution in [1.29, 1.82) is 0 Å². The minimum Gasteiger partial charge on any atom is -0.326 e. The fourth-order valence-electron chi connectivity index (χ4n) is 1.08. The lowest BCUT2D eigenvalue weighted by atomic mass is 10.1. The minimum absolute atomic E-state index is 0.0348. The van der Waals surface area contributed by atoms with E-state index < -0.39 is 16.4 Å². The van der Waals surface area contributed by atoms with Crippen LogP contribution in [0.4, 0.5) is 10.1 Å². The van der Waals surface area contributed by atoms with E-state index >= 15 is 0 Å². The standard InChI is InChI=1S/C8H9FN2O2/c1-5-2-3-6(4-10)7(9)8(5)11(12)13/h2-3H,4,10H2,1H3. The molecule has 70 valence electrons.